The van der Waals surface area contributed by atoms with Crippen molar-refractivity contribution in [1.29, 1.82) is 0 Å². The van der Waals surface area contributed by atoms with E-state index >= 15 is 0 Å². The number of amidine groups is 2. The van der Waals surface area contributed by atoms with Crippen LogP contribution in [0.4, 0.5) is 13.2 Å². The van der Waals surface area contributed by atoms with Gasteiger partial charge in [-0.1, -0.05) is 12.1 Å². The van der Waals surface area contributed by atoms with Crippen LogP contribution in [0.2, 0.25) is 0 Å². The van der Waals surface area contributed by atoms with E-state index in [9.17, 15) is 13.2 Å². The predicted octanol–water partition coefficient (Wildman–Crippen LogP) is 1.77. The van der Waals surface area contributed by atoms with E-state index in [4.69, 9.17) is 18.4 Å². The molecule has 0 atom stereocenters. The van der Waals surface area contributed by atoms with Crippen LogP contribution < -0.4 is 11.1 Å². The molecular weight excluding hydrogens is 425 g/mol. The molecule has 1 rings (SSSR count). The van der Waals surface area contributed by atoms with E-state index in [1.54, 1.807) is 7.05 Å². The van der Waals surface area contributed by atoms with Gasteiger partial charge in [-0.15, -0.1) is 5.10 Å². The molecule has 0 aliphatic carbocycles. The van der Waals surface area contributed by atoms with Gasteiger partial charge < -0.3 is 36.3 Å². The average Bonchev–Trinajstić information content (AvgIpc) is 2.52. The quantitative estimate of drug-likeness (QED) is 0.247. The molecule has 0 unspecified atom stereocenters. The Morgan fingerprint density at radius 3 is 2.04 bits per heavy atom. The van der Waals surface area contributed by atoms with Crippen molar-refractivity contribution in [1.82, 2.24) is 5.32 Å². The van der Waals surface area contributed by atoms with Gasteiger partial charge in [0.25, 0.3) is 0 Å². The fourth-order valence-corrected chi connectivity index (χ4v) is 1.55. The Kier molecular flexibility index (Phi) is 9.57. The number of alkyl halides is 3. The first-order valence-electron chi connectivity index (χ1n) is 6.38. The molecule has 0 aromatic heterocycles. The van der Waals surface area contributed by atoms with Crippen LogP contribution in [0.15, 0.2) is 44.7 Å². The van der Waals surface area contributed by atoms with Gasteiger partial charge in [0.15, 0.2) is 0 Å². The van der Waals surface area contributed by atoms with Crippen LogP contribution in [0, 0.1) is 0 Å². The first kappa shape index (κ1) is 23.2. The van der Waals surface area contributed by atoms with Gasteiger partial charge in [0.05, 0.1) is 11.3 Å². The van der Waals surface area contributed by atoms with Crippen LogP contribution in [0.3, 0.4) is 0 Å². The molecule has 0 saturated heterocycles. The summed E-state index contributed by atoms with van der Waals surface area (Å²) in [6.07, 6.45) is -4.43. The molecule has 0 aliphatic rings. The van der Waals surface area contributed by atoms with Crippen molar-refractivity contribution in [3.05, 3.63) is 35.4 Å². The molecule has 1 radical (unpaired) electrons. The number of nitrogens with one attached hydrogen (secondary N) is 1. The van der Waals surface area contributed by atoms with Gasteiger partial charge in [-0.2, -0.15) is 28.5 Å². The Balaban J connectivity index is 0.00000576. The van der Waals surface area contributed by atoms with Gasteiger partial charge in [-0.25, -0.2) is 0 Å². The van der Waals surface area contributed by atoms with Crippen molar-refractivity contribution in [2.75, 3.05) is 7.05 Å². The molecule has 25 heavy (non-hydrogen) atoms. The molecule has 1 aromatic carbocycles. The largest absolute Gasteiger partial charge is 2.00 e. The van der Waals surface area contributed by atoms with E-state index in [-0.39, 0.29) is 38.8 Å². The molecule has 0 aliphatic heterocycles. The maximum atomic E-state index is 12.6. The topological polar surface area (TPSA) is 87.5 Å². The summed E-state index contributed by atoms with van der Waals surface area (Å²) in [6, 6.07) is 4.36. The zero-order valence-electron chi connectivity index (χ0n) is 12.9. The maximum absolute atomic E-state index is 12.6. The van der Waals surface area contributed by atoms with E-state index in [1.807, 2.05) is 0 Å². The summed E-state index contributed by atoms with van der Waals surface area (Å²) < 4.78 is 37.9. The zero-order valence-corrected chi connectivity index (χ0v) is 15.5. The molecule has 6 nitrogen and oxygen atoms in total. The van der Waals surface area contributed by atoms with Crippen LogP contribution in [0.5, 0.6) is 0 Å². The van der Waals surface area contributed by atoms with E-state index in [0.717, 1.165) is 12.1 Å². The summed E-state index contributed by atoms with van der Waals surface area (Å²) in [4.78, 5) is 0. The Morgan fingerprint density at radius 1 is 1.04 bits per heavy atom. The number of hydrogen-bond acceptors (Lipinski definition) is 6. The van der Waals surface area contributed by atoms with E-state index in [0.29, 0.717) is 5.56 Å². The Bertz CT molecular complexity index is 695. The van der Waals surface area contributed by atoms with Crippen LogP contribution in [-0.2, 0) is 48.5 Å². The number of hydrogen-bond donors (Lipinski definition) is 2. The molecule has 12 heteroatoms. The smallest absolute Gasteiger partial charge is 0.741 e. The van der Waals surface area contributed by atoms with Crippen molar-refractivity contribution in [3.8, 4) is 0 Å². The van der Waals surface area contributed by atoms with Crippen LogP contribution >= 0.6 is 0 Å². The Morgan fingerprint density at radius 2 is 1.60 bits per heavy atom. The molecule has 0 bridgehead atoms. The summed E-state index contributed by atoms with van der Waals surface area (Å²) in [6.45, 7) is 1.54. The molecule has 3 N–H and O–H groups in total. The Hall–Kier alpha value is -1.75. The number of nitrogens with two attached hydrogens (primary N) is 1. The SMILES string of the molecule is CN/C([S-])=N/N=C(/C(C)=N/N=C(/N)[S-])c1ccc(C(F)(F)F)cc1.[Cu+2]. The molecule has 0 amide bonds. The van der Waals surface area contributed by atoms with Gasteiger partial charge in [0, 0.05) is 12.6 Å². The molecule has 139 valence electrons. The van der Waals surface area contributed by atoms with E-state index < -0.39 is 11.7 Å². The number of benzene rings is 1. The molecular formula is C13H13CuF3N6S2. The first-order valence-corrected chi connectivity index (χ1v) is 7.20. The van der Waals surface area contributed by atoms with Gasteiger partial charge >= 0.3 is 23.2 Å². The summed E-state index contributed by atoms with van der Waals surface area (Å²) in [5.74, 6) is 0. The van der Waals surface area contributed by atoms with Crippen LogP contribution in [0.1, 0.15) is 18.1 Å². The third-order valence-electron chi connectivity index (χ3n) is 2.58. The summed E-state index contributed by atoms with van der Waals surface area (Å²) in [7, 11) is 1.56. The van der Waals surface area contributed by atoms with Crippen molar-refractivity contribution in [2.24, 2.45) is 26.1 Å². The standard InChI is InChI=1S/C13H15F3N6S2.Cu/c1-7(19-21-11(17)23)10(20-22-12(24)18-2)8-3-5-9(6-4-8)13(14,15)16;/h3-6H,1-2H3,(H3,17,21,23)(H2,18,22,24);/q;+2/p-2/b19-7+,20-10-;. The number of halogens is 3. The second kappa shape index (κ2) is 10.3. The monoisotopic (exact) mass is 437 g/mol. The summed E-state index contributed by atoms with van der Waals surface area (Å²) >= 11 is 9.43. The minimum atomic E-state index is -4.43. The minimum absolute atomic E-state index is 0. The predicted molar refractivity (Wildman–Crippen MR) is 93.9 cm³/mol. The minimum Gasteiger partial charge on any atom is -0.741 e. The molecule has 0 spiro atoms. The summed E-state index contributed by atoms with van der Waals surface area (Å²) in [5, 5.41) is 17.4. The van der Waals surface area contributed by atoms with Crippen LogP contribution in [-0.4, -0.2) is 28.8 Å². The van der Waals surface area contributed by atoms with E-state index in [2.05, 4.69) is 38.4 Å². The van der Waals surface area contributed by atoms with Gasteiger partial charge in [-0.3, -0.25) is 0 Å². The normalized spacial score (nSPS) is 14.1. The zero-order chi connectivity index (χ0) is 18.3. The van der Waals surface area contributed by atoms with Crippen molar-refractivity contribution in [3.63, 3.8) is 0 Å². The van der Waals surface area contributed by atoms with Crippen molar-refractivity contribution < 1.29 is 30.2 Å². The number of rotatable bonds is 4. The third-order valence-corrected chi connectivity index (χ3v) is 2.95. The summed E-state index contributed by atoms with van der Waals surface area (Å²) in [5.41, 5.74) is 5.24. The van der Waals surface area contributed by atoms with Crippen LogP contribution in [0.25, 0.3) is 0 Å². The average molecular weight is 438 g/mol. The molecule has 0 fully saturated rings. The van der Waals surface area contributed by atoms with Gasteiger partial charge in [0.1, 0.15) is 5.71 Å². The van der Waals surface area contributed by atoms with Gasteiger partial charge in [-0.05, 0) is 29.4 Å². The molecule has 1 aromatic rings. The maximum Gasteiger partial charge on any atom is 2.00 e. The second-order valence-electron chi connectivity index (χ2n) is 4.30. The first-order chi connectivity index (χ1) is 11.1. The molecule has 0 saturated carbocycles. The second-order valence-corrected chi connectivity index (χ2v) is 5.11. The third kappa shape index (κ3) is 7.78. The molecule has 0 heterocycles. The fourth-order valence-electron chi connectivity index (χ4n) is 1.47. The number of nitrogens with zero attached hydrogens (tertiary/aromatic N) is 4. The fraction of sp³-hybridized carbons (Fsp3) is 0.231. The van der Waals surface area contributed by atoms with Crippen molar-refractivity contribution in [2.45, 2.75) is 13.1 Å². The Labute approximate surface area is 164 Å². The van der Waals surface area contributed by atoms with Crippen molar-refractivity contribution >= 4 is 47.0 Å². The van der Waals surface area contributed by atoms with Gasteiger partial charge in [0.2, 0.25) is 0 Å². The van der Waals surface area contributed by atoms with E-state index in [1.165, 1.54) is 19.1 Å².